The maximum absolute atomic E-state index is 12.2. The van der Waals surface area contributed by atoms with Gasteiger partial charge < -0.3 is 10.1 Å². The van der Waals surface area contributed by atoms with Crippen LogP contribution in [0.2, 0.25) is 0 Å². The summed E-state index contributed by atoms with van der Waals surface area (Å²) in [5.74, 6) is 0.135. The van der Waals surface area contributed by atoms with Crippen LogP contribution in [0.25, 0.3) is 5.69 Å². The molecule has 0 saturated carbocycles. The van der Waals surface area contributed by atoms with Crippen molar-refractivity contribution < 1.29 is 9.53 Å². The van der Waals surface area contributed by atoms with E-state index in [0.29, 0.717) is 16.9 Å². The minimum Gasteiger partial charge on any atom is -0.463 e. The van der Waals surface area contributed by atoms with Gasteiger partial charge in [-0.3, -0.25) is 9.48 Å². The Morgan fingerprint density at radius 1 is 1.28 bits per heavy atom. The van der Waals surface area contributed by atoms with Crippen molar-refractivity contribution in [1.29, 1.82) is 0 Å². The van der Waals surface area contributed by atoms with E-state index in [4.69, 9.17) is 4.74 Å². The molecule has 0 fully saturated rings. The molecule has 2 heterocycles. The van der Waals surface area contributed by atoms with Crippen molar-refractivity contribution in [3.05, 3.63) is 59.0 Å². The van der Waals surface area contributed by atoms with Gasteiger partial charge in [0, 0.05) is 19.4 Å². The minimum absolute atomic E-state index is 0.230. The van der Waals surface area contributed by atoms with Crippen molar-refractivity contribution >= 4 is 21.8 Å². The van der Waals surface area contributed by atoms with E-state index in [0.717, 1.165) is 11.4 Å². The first-order chi connectivity index (χ1) is 12.0. The molecule has 8 heteroatoms. The highest BCUT2D eigenvalue weighted by molar-refractivity contribution is 9.10. The molecule has 0 aliphatic carbocycles. The maximum Gasteiger partial charge on any atom is 0.261 e. The number of nitrogens with zero attached hydrogens (tertiary/aromatic N) is 4. The predicted octanol–water partition coefficient (Wildman–Crippen LogP) is 2.45. The molecule has 1 aromatic carbocycles. The standard InChI is InChI=1S/C17H18BrN5O2/c1-12(16(24)19-10-13-8-9-22(2)20-13)25-17-15(18)11-23(21-17)14-6-4-3-5-7-14/h3-9,11-12H,10H2,1-2H3,(H,19,24)/t12-/m0/s1. The van der Waals surface area contributed by atoms with Crippen LogP contribution in [0.5, 0.6) is 5.88 Å². The Morgan fingerprint density at radius 3 is 2.72 bits per heavy atom. The molecule has 0 aliphatic heterocycles. The topological polar surface area (TPSA) is 74.0 Å². The fourth-order valence-corrected chi connectivity index (χ4v) is 2.60. The molecule has 0 bridgehead atoms. The van der Waals surface area contributed by atoms with Gasteiger partial charge >= 0.3 is 0 Å². The number of aromatic nitrogens is 4. The van der Waals surface area contributed by atoms with Gasteiger partial charge in [0.1, 0.15) is 0 Å². The molecule has 25 heavy (non-hydrogen) atoms. The second-order valence-electron chi connectivity index (χ2n) is 5.52. The second-order valence-corrected chi connectivity index (χ2v) is 6.38. The summed E-state index contributed by atoms with van der Waals surface area (Å²) in [4.78, 5) is 12.2. The zero-order valence-corrected chi connectivity index (χ0v) is 15.5. The number of aryl methyl sites for hydroxylation is 1. The van der Waals surface area contributed by atoms with Crippen LogP contribution in [-0.2, 0) is 18.4 Å². The second kappa shape index (κ2) is 7.52. The largest absolute Gasteiger partial charge is 0.463 e. The van der Waals surface area contributed by atoms with Gasteiger partial charge in [-0.05, 0) is 41.1 Å². The van der Waals surface area contributed by atoms with E-state index in [1.807, 2.05) is 49.6 Å². The van der Waals surface area contributed by atoms with Crippen LogP contribution < -0.4 is 10.1 Å². The number of benzene rings is 1. The average molecular weight is 404 g/mol. The van der Waals surface area contributed by atoms with Crippen molar-refractivity contribution in [1.82, 2.24) is 24.9 Å². The fraction of sp³-hybridized carbons (Fsp3) is 0.235. The molecule has 0 radical (unpaired) electrons. The Morgan fingerprint density at radius 2 is 2.04 bits per heavy atom. The lowest BCUT2D eigenvalue weighted by Gasteiger charge is -2.12. The predicted molar refractivity (Wildman–Crippen MR) is 96.4 cm³/mol. The van der Waals surface area contributed by atoms with Crippen molar-refractivity contribution in [3.63, 3.8) is 0 Å². The lowest BCUT2D eigenvalue weighted by molar-refractivity contribution is -0.127. The van der Waals surface area contributed by atoms with Crippen molar-refractivity contribution in [2.24, 2.45) is 7.05 Å². The highest BCUT2D eigenvalue weighted by Crippen LogP contribution is 2.25. The number of para-hydroxylation sites is 1. The van der Waals surface area contributed by atoms with Crippen LogP contribution in [0, 0.1) is 0 Å². The van der Waals surface area contributed by atoms with Crippen LogP contribution in [-0.4, -0.2) is 31.6 Å². The van der Waals surface area contributed by atoms with Crippen molar-refractivity contribution in [2.75, 3.05) is 0 Å². The average Bonchev–Trinajstić information content (AvgIpc) is 3.19. The van der Waals surface area contributed by atoms with Crippen LogP contribution in [0.15, 0.2) is 53.3 Å². The van der Waals surface area contributed by atoms with Crippen molar-refractivity contribution in [2.45, 2.75) is 19.6 Å². The molecule has 0 unspecified atom stereocenters. The highest BCUT2D eigenvalue weighted by atomic mass is 79.9. The van der Waals surface area contributed by atoms with Gasteiger partial charge in [0.05, 0.1) is 22.4 Å². The van der Waals surface area contributed by atoms with E-state index in [9.17, 15) is 4.79 Å². The third kappa shape index (κ3) is 4.27. The van der Waals surface area contributed by atoms with Gasteiger partial charge in [-0.25, -0.2) is 4.68 Å². The number of hydrogen-bond donors (Lipinski definition) is 1. The molecule has 1 amide bonds. The molecule has 0 spiro atoms. The molecule has 0 aliphatic rings. The van der Waals surface area contributed by atoms with Crippen LogP contribution >= 0.6 is 15.9 Å². The summed E-state index contributed by atoms with van der Waals surface area (Å²) >= 11 is 3.42. The summed E-state index contributed by atoms with van der Waals surface area (Å²) in [5.41, 5.74) is 1.70. The SMILES string of the molecule is C[C@H](Oc1nn(-c2ccccc2)cc1Br)C(=O)NCc1ccn(C)n1. The number of amides is 1. The Labute approximate surface area is 153 Å². The Balaban J connectivity index is 1.61. The van der Waals surface area contributed by atoms with Gasteiger partial charge in [0.25, 0.3) is 5.91 Å². The Bertz CT molecular complexity index is 859. The number of rotatable bonds is 6. The quantitative estimate of drug-likeness (QED) is 0.685. The van der Waals surface area contributed by atoms with Gasteiger partial charge in [0.2, 0.25) is 5.88 Å². The number of carbonyl (C=O) groups is 1. The first kappa shape index (κ1) is 17.2. The molecule has 3 rings (SSSR count). The van der Waals surface area contributed by atoms with E-state index in [1.165, 1.54) is 0 Å². The zero-order valence-electron chi connectivity index (χ0n) is 13.9. The molecule has 1 N–H and O–H groups in total. The van der Waals surface area contributed by atoms with Gasteiger partial charge in [-0.15, -0.1) is 5.10 Å². The normalized spacial score (nSPS) is 12.0. The van der Waals surface area contributed by atoms with Gasteiger partial charge in [0.15, 0.2) is 6.10 Å². The van der Waals surface area contributed by atoms with E-state index >= 15 is 0 Å². The lowest BCUT2D eigenvalue weighted by atomic mass is 10.3. The molecule has 3 aromatic rings. The third-order valence-corrected chi connectivity index (χ3v) is 4.07. The Kier molecular flexibility index (Phi) is 5.18. The molecule has 7 nitrogen and oxygen atoms in total. The number of nitrogens with one attached hydrogen (secondary N) is 1. The van der Waals surface area contributed by atoms with E-state index in [-0.39, 0.29) is 5.91 Å². The van der Waals surface area contributed by atoms with Gasteiger partial charge in [-0.2, -0.15) is 5.10 Å². The zero-order chi connectivity index (χ0) is 17.8. The smallest absolute Gasteiger partial charge is 0.261 e. The summed E-state index contributed by atoms with van der Waals surface area (Å²) in [7, 11) is 1.83. The molecule has 2 aromatic heterocycles. The maximum atomic E-state index is 12.2. The van der Waals surface area contributed by atoms with E-state index in [1.54, 1.807) is 22.5 Å². The monoisotopic (exact) mass is 403 g/mol. The van der Waals surface area contributed by atoms with Gasteiger partial charge in [-0.1, -0.05) is 18.2 Å². The molecular formula is C17H18BrN5O2. The highest BCUT2D eigenvalue weighted by Gasteiger charge is 2.18. The molecular weight excluding hydrogens is 386 g/mol. The minimum atomic E-state index is -0.681. The summed E-state index contributed by atoms with van der Waals surface area (Å²) in [6, 6.07) is 11.5. The van der Waals surface area contributed by atoms with E-state index in [2.05, 4.69) is 31.4 Å². The number of hydrogen-bond acceptors (Lipinski definition) is 4. The first-order valence-electron chi connectivity index (χ1n) is 7.76. The fourth-order valence-electron chi connectivity index (χ4n) is 2.23. The van der Waals surface area contributed by atoms with E-state index < -0.39 is 6.10 Å². The summed E-state index contributed by atoms with van der Waals surface area (Å²) in [6.45, 7) is 2.04. The lowest BCUT2D eigenvalue weighted by Crippen LogP contribution is -2.36. The van der Waals surface area contributed by atoms with Crippen LogP contribution in [0.3, 0.4) is 0 Å². The first-order valence-corrected chi connectivity index (χ1v) is 8.55. The number of carbonyl (C=O) groups excluding carboxylic acids is 1. The molecule has 0 saturated heterocycles. The van der Waals surface area contributed by atoms with Crippen LogP contribution in [0.4, 0.5) is 0 Å². The van der Waals surface area contributed by atoms with Crippen molar-refractivity contribution in [3.8, 4) is 11.6 Å². The third-order valence-electron chi connectivity index (χ3n) is 3.53. The Hall–Kier alpha value is -2.61. The summed E-state index contributed by atoms with van der Waals surface area (Å²) in [6.07, 6.45) is 2.94. The molecule has 130 valence electrons. The number of ether oxygens (including phenoxy) is 1. The molecule has 1 atom stereocenters. The summed E-state index contributed by atoms with van der Waals surface area (Å²) in [5, 5.41) is 11.4. The number of halogens is 1. The van der Waals surface area contributed by atoms with Crippen LogP contribution in [0.1, 0.15) is 12.6 Å². The summed E-state index contributed by atoms with van der Waals surface area (Å²) < 4.78 is 9.75.